The van der Waals surface area contributed by atoms with Gasteiger partial charge in [-0.15, -0.1) is 0 Å². The van der Waals surface area contributed by atoms with E-state index in [0.29, 0.717) is 5.52 Å². The number of aromatic nitrogens is 3. The zero-order valence-electron chi connectivity index (χ0n) is 32.0. The highest BCUT2D eigenvalue weighted by molar-refractivity contribution is 7.52. The van der Waals surface area contributed by atoms with Gasteiger partial charge in [0.05, 0.1) is 30.1 Å². The summed E-state index contributed by atoms with van der Waals surface area (Å²) < 4.78 is 90.6. The number of fused-ring (bicyclic) bond motifs is 1. The van der Waals surface area contributed by atoms with Gasteiger partial charge in [-0.05, 0) is 62.8 Å². The van der Waals surface area contributed by atoms with Crippen LogP contribution in [0.4, 0.5) is 19.0 Å². The lowest BCUT2D eigenvalue weighted by atomic mass is 9.82. The Hall–Kier alpha value is -4.76. The molecule has 1 saturated heterocycles. The highest BCUT2D eigenvalue weighted by Crippen LogP contribution is 2.50. The molecule has 2 aliphatic rings. The molecular weight excluding hydrogens is 776 g/mol. The third-order valence-corrected chi connectivity index (χ3v) is 11.3. The standard InChI is InChI=1S/C37H46F3N6O10P/c1-21(2)33(47)53-30-29(27-15-16-28-32(42)43-20-44-46(27)28)55-36(18-41,31(30)54-34(48)22(3)4)19-52-57(50,56-26-9-7-6-8-10-26)45-23(5)35(49)51-17-24-11-13-25(14-12-24)37(38,39)40/h6-10,15-16,20-25,29-31H,11-14,17,19H2,1-5H3,(H,45,50)(H2,42,43,44)/t23-,24?,25?,29-,30-,31-,36+,57?/m0/s1. The molecule has 0 spiro atoms. The number of nitrogens with zero attached hydrogens (tertiary/aromatic N) is 4. The van der Waals surface area contributed by atoms with E-state index < -0.39 is 86.1 Å². The van der Waals surface area contributed by atoms with Gasteiger partial charge in [0.2, 0.25) is 5.60 Å². The average molecular weight is 823 g/mol. The lowest BCUT2D eigenvalue weighted by Crippen LogP contribution is -2.50. The molecule has 0 bridgehead atoms. The van der Waals surface area contributed by atoms with Crippen LogP contribution >= 0.6 is 7.75 Å². The van der Waals surface area contributed by atoms with Gasteiger partial charge in [-0.25, -0.2) is 14.1 Å². The van der Waals surface area contributed by atoms with Crippen molar-refractivity contribution in [3.05, 3.63) is 54.5 Å². The van der Waals surface area contributed by atoms with Gasteiger partial charge in [-0.2, -0.15) is 28.6 Å². The molecule has 3 aromatic rings. The minimum Gasteiger partial charge on any atom is -0.464 e. The molecule has 1 aliphatic carbocycles. The number of nitrogens with two attached hydrogens (primary N) is 1. The third kappa shape index (κ3) is 10.2. The number of nitrogens with one attached hydrogen (secondary N) is 1. The van der Waals surface area contributed by atoms with E-state index in [-0.39, 0.29) is 55.5 Å². The lowest BCUT2D eigenvalue weighted by molar-refractivity contribution is -0.185. The normalized spacial score (nSPS) is 25.4. The van der Waals surface area contributed by atoms with Crippen LogP contribution in [0.5, 0.6) is 5.75 Å². The smallest absolute Gasteiger partial charge is 0.459 e. The second-order valence-corrected chi connectivity index (χ2v) is 16.4. The van der Waals surface area contributed by atoms with Crippen LogP contribution in [-0.4, -0.2) is 75.7 Å². The first-order chi connectivity index (χ1) is 26.9. The van der Waals surface area contributed by atoms with E-state index in [1.165, 1.54) is 29.9 Å². The number of hydrogen-bond acceptors (Lipinski definition) is 14. The van der Waals surface area contributed by atoms with Crippen molar-refractivity contribution < 1.29 is 60.1 Å². The van der Waals surface area contributed by atoms with Crippen LogP contribution in [0.3, 0.4) is 0 Å². The molecule has 5 rings (SSSR count). The molecule has 0 amide bonds. The molecule has 2 aromatic heterocycles. The number of carbonyl (C=O) groups is 3. The number of nitriles is 1. The molecule has 1 aromatic carbocycles. The summed E-state index contributed by atoms with van der Waals surface area (Å²) in [4.78, 5) is 43.5. The molecule has 1 saturated carbocycles. The number of anilines is 1. The first-order valence-electron chi connectivity index (χ1n) is 18.4. The Morgan fingerprint density at radius 3 is 2.28 bits per heavy atom. The average Bonchev–Trinajstić information content (AvgIpc) is 3.73. The van der Waals surface area contributed by atoms with Gasteiger partial charge in [0.25, 0.3) is 0 Å². The molecule has 3 heterocycles. The minimum atomic E-state index is -4.71. The Morgan fingerprint density at radius 2 is 1.67 bits per heavy atom. The van der Waals surface area contributed by atoms with E-state index in [9.17, 15) is 37.4 Å². The Morgan fingerprint density at radius 1 is 1.02 bits per heavy atom. The molecule has 1 aliphatic heterocycles. The van der Waals surface area contributed by atoms with Crippen LogP contribution in [0.1, 0.15) is 72.1 Å². The second kappa shape index (κ2) is 17.8. The number of esters is 3. The summed E-state index contributed by atoms with van der Waals surface area (Å²) >= 11 is 0. The van der Waals surface area contributed by atoms with E-state index in [4.69, 9.17) is 33.7 Å². The predicted molar refractivity (Wildman–Crippen MR) is 195 cm³/mol. The number of rotatable bonds is 15. The maximum absolute atomic E-state index is 14.6. The monoisotopic (exact) mass is 822 g/mol. The lowest BCUT2D eigenvalue weighted by Gasteiger charge is -2.31. The van der Waals surface area contributed by atoms with Crippen LogP contribution < -0.4 is 15.3 Å². The fourth-order valence-electron chi connectivity index (χ4n) is 6.42. The van der Waals surface area contributed by atoms with Crippen molar-refractivity contribution in [1.82, 2.24) is 19.7 Å². The molecule has 6 atom stereocenters. The highest BCUT2D eigenvalue weighted by atomic mass is 31.2. The first-order valence-corrected chi connectivity index (χ1v) is 20.0. The summed E-state index contributed by atoms with van der Waals surface area (Å²) in [6, 6.07) is 11.5. The summed E-state index contributed by atoms with van der Waals surface area (Å²) in [7, 11) is -4.71. The van der Waals surface area contributed by atoms with Gasteiger partial charge in [0.1, 0.15) is 42.4 Å². The molecule has 1 unspecified atom stereocenters. The zero-order valence-corrected chi connectivity index (χ0v) is 32.9. The van der Waals surface area contributed by atoms with Crippen molar-refractivity contribution in [2.45, 2.75) is 96.4 Å². The summed E-state index contributed by atoms with van der Waals surface area (Å²) in [6.45, 7) is 6.48. The van der Waals surface area contributed by atoms with Crippen molar-refractivity contribution in [3.63, 3.8) is 0 Å². The van der Waals surface area contributed by atoms with E-state index in [1.807, 2.05) is 6.07 Å². The van der Waals surface area contributed by atoms with Crippen molar-refractivity contribution in [1.29, 1.82) is 5.26 Å². The Kier molecular flexibility index (Phi) is 13.5. The van der Waals surface area contributed by atoms with Crippen molar-refractivity contribution in [3.8, 4) is 11.8 Å². The number of carbonyl (C=O) groups excluding carboxylic acids is 3. The number of hydrogen-bond donors (Lipinski definition) is 2. The SMILES string of the molecule is CC(C)C(=O)O[C@H]1[C@H](c2ccc3c(N)ncnn23)O[C@](C#N)(COP(=O)(N[C@@H](C)C(=O)OCC2CCC(C(F)(F)F)CC2)Oc2ccccc2)[C@H]1OC(=O)C(C)C. The summed E-state index contributed by atoms with van der Waals surface area (Å²) in [5.41, 5.74) is 4.31. The van der Waals surface area contributed by atoms with Gasteiger partial charge in [0, 0.05) is 0 Å². The summed E-state index contributed by atoms with van der Waals surface area (Å²) in [5.74, 6) is -5.34. The zero-order chi connectivity index (χ0) is 41.7. The highest BCUT2D eigenvalue weighted by Gasteiger charge is 2.62. The second-order valence-electron chi connectivity index (χ2n) is 14.7. The minimum absolute atomic E-state index is 0.0370. The number of nitrogen functional groups attached to an aromatic ring is 1. The first kappa shape index (κ1) is 43.4. The van der Waals surface area contributed by atoms with Gasteiger partial charge in [0.15, 0.2) is 18.0 Å². The Labute approximate surface area is 327 Å². The number of para-hydroxylation sites is 1. The van der Waals surface area contributed by atoms with Crippen molar-refractivity contribution in [2.24, 2.45) is 23.7 Å². The Balaban J connectivity index is 1.44. The van der Waals surface area contributed by atoms with Crippen LogP contribution in [0.15, 0.2) is 48.8 Å². The van der Waals surface area contributed by atoms with Crippen LogP contribution in [0.25, 0.3) is 5.52 Å². The van der Waals surface area contributed by atoms with E-state index >= 15 is 0 Å². The topological polar surface area (TPSA) is 216 Å². The number of halogens is 3. The number of ether oxygens (including phenoxy) is 4. The number of alkyl halides is 3. The largest absolute Gasteiger partial charge is 0.464 e. The summed E-state index contributed by atoms with van der Waals surface area (Å²) in [5, 5.41) is 17.6. The maximum Gasteiger partial charge on any atom is 0.459 e. The van der Waals surface area contributed by atoms with Gasteiger partial charge in [-0.1, -0.05) is 45.9 Å². The molecule has 16 nitrogen and oxygen atoms in total. The van der Waals surface area contributed by atoms with E-state index in [0.717, 1.165) is 0 Å². The third-order valence-electron chi connectivity index (χ3n) is 9.72. The van der Waals surface area contributed by atoms with Gasteiger partial charge in [-0.3, -0.25) is 18.9 Å². The fraction of sp³-hybridized carbons (Fsp3) is 0.568. The van der Waals surface area contributed by atoms with E-state index in [2.05, 4.69) is 15.2 Å². The van der Waals surface area contributed by atoms with Crippen LogP contribution in [0, 0.1) is 35.0 Å². The molecule has 20 heteroatoms. The van der Waals surface area contributed by atoms with Crippen molar-refractivity contribution in [2.75, 3.05) is 18.9 Å². The fourth-order valence-corrected chi connectivity index (χ4v) is 7.94. The van der Waals surface area contributed by atoms with Crippen molar-refractivity contribution >= 4 is 37.0 Å². The number of benzene rings is 1. The Bertz CT molecular complexity index is 1990. The molecule has 0 radical (unpaired) electrons. The predicted octanol–water partition coefficient (Wildman–Crippen LogP) is 5.87. The molecule has 3 N–H and O–H groups in total. The summed E-state index contributed by atoms with van der Waals surface area (Å²) in [6.07, 6.45) is -7.35. The molecule has 2 fully saturated rings. The van der Waals surface area contributed by atoms with Crippen LogP contribution in [-0.2, 0) is 42.4 Å². The van der Waals surface area contributed by atoms with Crippen LogP contribution in [0.2, 0.25) is 0 Å². The van der Waals surface area contributed by atoms with E-state index in [1.54, 1.807) is 58.0 Å². The van der Waals surface area contributed by atoms with Gasteiger partial charge >= 0.3 is 31.8 Å². The molecule has 57 heavy (non-hydrogen) atoms. The maximum atomic E-state index is 14.6. The molecule has 310 valence electrons. The van der Waals surface area contributed by atoms with Gasteiger partial charge < -0.3 is 29.2 Å². The quantitative estimate of drug-likeness (QED) is 0.104. The molecular formula is C37H46F3N6O10P.